The van der Waals surface area contributed by atoms with Crippen LogP contribution in [0.1, 0.15) is 94.6 Å². The summed E-state index contributed by atoms with van der Waals surface area (Å²) in [6.45, 7) is 0. The fourth-order valence-corrected chi connectivity index (χ4v) is 7.95. The Bertz CT molecular complexity index is 1880. The second-order valence-electron chi connectivity index (χ2n) is 11.9. The first-order valence-corrected chi connectivity index (χ1v) is 19.7. The summed E-state index contributed by atoms with van der Waals surface area (Å²) in [4.78, 5) is 0. The van der Waals surface area contributed by atoms with Crippen LogP contribution in [0, 0.1) is 90.6 Å². The minimum absolute atomic E-state index is 0.0216. The Balaban J connectivity index is 1.56. The molecule has 0 fully saturated rings. The minimum Gasteiger partial charge on any atom is -0.192 e. The van der Waals surface area contributed by atoms with Gasteiger partial charge in [0, 0.05) is 32.4 Å². The van der Waals surface area contributed by atoms with Crippen molar-refractivity contribution < 1.29 is 0 Å². The Morgan fingerprint density at radius 1 is 0.373 bits per heavy atom. The van der Waals surface area contributed by atoms with Gasteiger partial charge in [0.15, 0.2) is 0 Å². The number of unbranched alkanes of at least 4 members (excludes halogenated alkanes) is 11. The van der Waals surface area contributed by atoms with Crippen molar-refractivity contribution in [2.45, 2.75) is 96.3 Å². The van der Waals surface area contributed by atoms with E-state index in [9.17, 15) is 42.1 Å². The zero-order valence-corrected chi connectivity index (χ0v) is 30.5. The molecular weight excluding hydrogens is 669 g/mol. The summed E-state index contributed by atoms with van der Waals surface area (Å²) in [5.74, 6) is 2.31. The molecular formula is C41H40N8S2. The van der Waals surface area contributed by atoms with Crippen molar-refractivity contribution in [1.82, 2.24) is 0 Å². The van der Waals surface area contributed by atoms with E-state index >= 15 is 0 Å². The fraction of sp³-hybridized carbons (Fsp3) is 0.415. The molecule has 2 rings (SSSR count). The predicted molar refractivity (Wildman–Crippen MR) is 202 cm³/mol. The predicted octanol–water partition coefficient (Wildman–Crippen LogP) is 6.72. The van der Waals surface area contributed by atoms with Gasteiger partial charge in [0.05, 0.1) is 0 Å². The number of hydrogen-bond acceptors (Lipinski definition) is 10. The lowest BCUT2D eigenvalue weighted by molar-refractivity contribution is 0.590. The van der Waals surface area contributed by atoms with E-state index in [1.165, 1.54) is 44.9 Å². The molecule has 0 aliphatic rings. The monoisotopic (exact) mass is 708 g/mol. The molecule has 0 saturated heterocycles. The van der Waals surface area contributed by atoms with Crippen molar-refractivity contribution in [2.24, 2.45) is 0 Å². The third-order valence-corrected chi connectivity index (χ3v) is 11.0. The van der Waals surface area contributed by atoms with Crippen LogP contribution in [-0.2, 0) is 12.8 Å². The van der Waals surface area contributed by atoms with Gasteiger partial charge in [-0.25, -0.2) is 0 Å². The third-order valence-electron chi connectivity index (χ3n) is 8.40. The van der Waals surface area contributed by atoms with Gasteiger partial charge in [-0.1, -0.05) is 104 Å². The van der Waals surface area contributed by atoms with Crippen molar-refractivity contribution in [3.8, 4) is 48.6 Å². The molecule has 0 atom stereocenters. The molecule has 51 heavy (non-hydrogen) atoms. The summed E-state index contributed by atoms with van der Waals surface area (Å²) in [5, 5.41) is 76.4. The number of hydrogen-bond donors (Lipinski definition) is 0. The normalized spacial score (nSPS) is 9.73. The lowest BCUT2D eigenvalue weighted by Crippen LogP contribution is -2.18. The lowest BCUT2D eigenvalue weighted by Gasteiger charge is -2.05. The number of nitrogens with zero attached hydrogens (tertiary/aromatic N) is 8. The molecule has 0 unspecified atom stereocenters. The molecule has 10 heteroatoms. The van der Waals surface area contributed by atoms with E-state index in [0.29, 0.717) is 33.7 Å². The van der Waals surface area contributed by atoms with Gasteiger partial charge >= 0.3 is 0 Å². The quantitative estimate of drug-likeness (QED) is 0.105. The zero-order chi connectivity index (χ0) is 37.1. The highest BCUT2D eigenvalue weighted by Crippen LogP contribution is 2.25. The van der Waals surface area contributed by atoms with Crippen LogP contribution in [0.4, 0.5) is 0 Å². The topological polar surface area (TPSA) is 190 Å². The van der Waals surface area contributed by atoms with Gasteiger partial charge in [-0.3, -0.25) is 0 Å². The summed E-state index contributed by atoms with van der Waals surface area (Å²) < 4.78 is 0. The summed E-state index contributed by atoms with van der Waals surface area (Å²) >= 11 is 0. The lowest BCUT2D eigenvalue weighted by atomic mass is 9.99. The Hall–Kier alpha value is -5.46. The first-order valence-electron chi connectivity index (χ1n) is 17.2. The highest BCUT2D eigenvalue weighted by atomic mass is 33.1. The van der Waals surface area contributed by atoms with Gasteiger partial charge in [0.1, 0.15) is 70.8 Å². The molecule has 2 aromatic rings. The van der Waals surface area contributed by atoms with Crippen molar-refractivity contribution in [3.63, 3.8) is 0 Å². The van der Waals surface area contributed by atoms with Crippen LogP contribution in [-0.4, -0.2) is 11.5 Å². The number of rotatable bonds is 20. The SMILES string of the molecule is N#CC(C#N)=c1ccc(=C(C#N)C#N)c(CCCCCCCCCSSCCCCCCCCc2cc(=C(C#N)C#N)ccc2=C(C#N)C#N)c1. The number of aryl methyl sites for hydroxylation is 2. The largest absolute Gasteiger partial charge is 0.192 e. The van der Waals surface area contributed by atoms with Crippen molar-refractivity contribution >= 4 is 43.9 Å². The van der Waals surface area contributed by atoms with E-state index in [1.807, 2.05) is 70.1 Å². The van der Waals surface area contributed by atoms with Crippen LogP contribution < -0.4 is 20.9 Å². The second-order valence-corrected chi connectivity index (χ2v) is 14.6. The minimum atomic E-state index is 0.0216. The molecule has 0 aliphatic heterocycles. The zero-order valence-electron chi connectivity index (χ0n) is 28.9. The second kappa shape index (κ2) is 25.5. The van der Waals surface area contributed by atoms with E-state index in [2.05, 4.69) is 0 Å². The summed E-state index contributed by atoms with van der Waals surface area (Å²) in [6.07, 6.45) is 15.9. The molecule has 8 nitrogen and oxygen atoms in total. The van der Waals surface area contributed by atoms with Crippen LogP contribution in [0.2, 0.25) is 0 Å². The Morgan fingerprint density at radius 2 is 0.667 bits per heavy atom. The van der Waals surface area contributed by atoms with Gasteiger partial charge in [-0.2, -0.15) is 42.1 Å². The molecule has 2 aromatic carbocycles. The smallest absolute Gasteiger partial charge is 0.137 e. The summed E-state index contributed by atoms with van der Waals surface area (Å²) in [5.41, 5.74) is 1.79. The van der Waals surface area contributed by atoms with E-state index in [1.54, 1.807) is 36.4 Å². The molecule has 0 heterocycles. The van der Waals surface area contributed by atoms with Gasteiger partial charge < -0.3 is 0 Å². The van der Waals surface area contributed by atoms with Crippen LogP contribution in [0.3, 0.4) is 0 Å². The Kier molecular flexibility index (Phi) is 20.9. The van der Waals surface area contributed by atoms with Gasteiger partial charge in [-0.15, -0.1) is 0 Å². The van der Waals surface area contributed by atoms with Gasteiger partial charge in [-0.05, 0) is 61.8 Å². The highest BCUT2D eigenvalue weighted by molar-refractivity contribution is 8.76. The van der Waals surface area contributed by atoms with E-state index < -0.39 is 0 Å². The molecule has 256 valence electrons. The van der Waals surface area contributed by atoms with Crippen LogP contribution >= 0.6 is 21.6 Å². The highest BCUT2D eigenvalue weighted by Gasteiger charge is 2.06. The third kappa shape index (κ3) is 14.5. The maximum atomic E-state index is 9.34. The van der Waals surface area contributed by atoms with Crippen LogP contribution in [0.15, 0.2) is 36.4 Å². The molecule has 0 N–H and O–H groups in total. The maximum Gasteiger partial charge on any atom is 0.137 e. The maximum absolute atomic E-state index is 9.34. The number of nitriles is 8. The van der Waals surface area contributed by atoms with E-state index in [0.717, 1.165) is 61.2 Å². The molecule has 0 spiro atoms. The fourth-order valence-electron chi connectivity index (χ4n) is 5.66. The molecule has 0 radical (unpaired) electrons. The van der Waals surface area contributed by atoms with Gasteiger partial charge in [0.25, 0.3) is 0 Å². The molecule has 0 aliphatic carbocycles. The molecule has 0 bridgehead atoms. The molecule has 0 amide bonds. The Morgan fingerprint density at radius 3 is 0.980 bits per heavy atom. The average molecular weight is 709 g/mol. The number of benzene rings is 2. The first kappa shape index (κ1) is 41.7. The summed E-state index contributed by atoms with van der Waals surface area (Å²) in [7, 11) is 3.91. The van der Waals surface area contributed by atoms with E-state index in [4.69, 9.17) is 0 Å². The van der Waals surface area contributed by atoms with Crippen molar-refractivity contribution in [1.29, 1.82) is 42.1 Å². The van der Waals surface area contributed by atoms with E-state index in [-0.39, 0.29) is 22.3 Å². The van der Waals surface area contributed by atoms with Gasteiger partial charge in [0.2, 0.25) is 0 Å². The first-order chi connectivity index (χ1) is 25.0. The molecule has 0 aromatic heterocycles. The van der Waals surface area contributed by atoms with Crippen LogP contribution in [0.5, 0.6) is 0 Å². The molecule has 0 saturated carbocycles. The Labute approximate surface area is 309 Å². The average Bonchev–Trinajstić information content (AvgIpc) is 3.15. The standard InChI is InChI=1S/C41H40N8S2/c42-24-36(25-43)32-16-18-40(38(28-46)29-47)34(22-32)14-10-6-2-1-4-8-12-20-50-51-21-13-9-5-3-7-11-15-35-23-33(37(26-44)27-45)17-19-41(35)39(30-48)31-49/h16-19,22-23H,1-15,20-21H2. The van der Waals surface area contributed by atoms with Crippen LogP contribution in [0.25, 0.3) is 22.3 Å². The van der Waals surface area contributed by atoms with Crippen molar-refractivity contribution in [3.05, 3.63) is 68.4 Å². The van der Waals surface area contributed by atoms with Crippen molar-refractivity contribution in [2.75, 3.05) is 11.5 Å². The summed E-state index contributed by atoms with van der Waals surface area (Å²) in [6, 6.07) is 25.5.